The Kier molecular flexibility index (Phi) is 6.44. The molecule has 3 rings (SSSR count). The van der Waals surface area contributed by atoms with Gasteiger partial charge in [0.2, 0.25) is 0 Å². The summed E-state index contributed by atoms with van der Waals surface area (Å²) in [6, 6.07) is 9.00. The number of benzene rings is 1. The second-order valence-corrected chi connectivity index (χ2v) is 4.72. The van der Waals surface area contributed by atoms with E-state index in [1.54, 1.807) is 0 Å². The maximum absolute atomic E-state index is 4.39. The zero-order valence-corrected chi connectivity index (χ0v) is 13.7. The predicted octanol–water partition coefficient (Wildman–Crippen LogP) is 5.25. The largest absolute Gasteiger partial charge is 0.261 e. The normalized spacial score (nSPS) is 11.1. The molecular formula is C19H27N. The van der Waals surface area contributed by atoms with E-state index in [1.807, 2.05) is 33.9 Å². The van der Waals surface area contributed by atoms with Crippen LogP contribution in [0.2, 0.25) is 0 Å². The number of aryl methyl sites for hydroxylation is 2. The molecule has 1 heteroatoms. The molecular weight excluding hydrogens is 242 g/mol. The molecule has 2 aromatic rings. The van der Waals surface area contributed by atoms with Gasteiger partial charge in [-0.1, -0.05) is 51.5 Å². The second kappa shape index (κ2) is 7.84. The molecule has 0 saturated carbocycles. The maximum Gasteiger partial charge on any atom is 0.0375 e. The molecule has 0 saturated heterocycles. The van der Waals surface area contributed by atoms with Crippen LogP contribution in [0.3, 0.4) is 0 Å². The lowest BCUT2D eigenvalue weighted by atomic mass is 9.86. The summed E-state index contributed by atoms with van der Waals surface area (Å²) >= 11 is 0. The molecule has 0 aliphatic heterocycles. The fourth-order valence-corrected chi connectivity index (χ4v) is 2.47. The summed E-state index contributed by atoms with van der Waals surface area (Å²) in [7, 11) is 0. The standard InChI is InChI=1S/C15H15N.2C2H6/c1-10-3-4-12-7-14-6-11(2)16-9-15(14)8-13(12)5-10;2*1-2/h3-6,9H,7-8H2,1-2H3;2*1-2H3. The van der Waals surface area contributed by atoms with Gasteiger partial charge in [-0.25, -0.2) is 0 Å². The lowest BCUT2D eigenvalue weighted by molar-refractivity contribution is 0.966. The number of hydrogen-bond acceptors (Lipinski definition) is 1. The molecule has 0 unspecified atom stereocenters. The average molecular weight is 269 g/mol. The summed E-state index contributed by atoms with van der Waals surface area (Å²) in [6.07, 6.45) is 4.14. The Balaban J connectivity index is 0.000000461. The summed E-state index contributed by atoms with van der Waals surface area (Å²) in [4.78, 5) is 4.39. The average Bonchev–Trinajstić information content (AvgIpc) is 2.49. The first-order valence-electron chi connectivity index (χ1n) is 7.75. The van der Waals surface area contributed by atoms with Crippen LogP contribution in [0.4, 0.5) is 0 Å². The smallest absolute Gasteiger partial charge is 0.0375 e. The summed E-state index contributed by atoms with van der Waals surface area (Å²) in [6.45, 7) is 12.2. The van der Waals surface area contributed by atoms with Crippen molar-refractivity contribution in [3.63, 3.8) is 0 Å². The van der Waals surface area contributed by atoms with Gasteiger partial charge in [0.05, 0.1) is 0 Å². The lowest BCUT2D eigenvalue weighted by Gasteiger charge is -2.20. The van der Waals surface area contributed by atoms with Gasteiger partial charge in [-0.05, 0) is 55.0 Å². The Bertz CT molecular complexity index is 504. The number of nitrogens with zero attached hydrogens (tertiary/aromatic N) is 1. The first kappa shape index (κ1) is 16.4. The minimum Gasteiger partial charge on any atom is -0.261 e. The Morgan fingerprint density at radius 1 is 0.750 bits per heavy atom. The molecule has 1 aliphatic carbocycles. The summed E-state index contributed by atoms with van der Waals surface area (Å²) in [5.41, 5.74) is 8.26. The highest BCUT2D eigenvalue weighted by Crippen LogP contribution is 2.27. The highest BCUT2D eigenvalue weighted by atomic mass is 14.7. The minimum atomic E-state index is 1.04. The van der Waals surface area contributed by atoms with Gasteiger partial charge in [-0.15, -0.1) is 0 Å². The van der Waals surface area contributed by atoms with Gasteiger partial charge in [-0.3, -0.25) is 4.98 Å². The van der Waals surface area contributed by atoms with Crippen molar-refractivity contribution >= 4 is 0 Å². The third-order valence-corrected chi connectivity index (χ3v) is 3.34. The molecule has 0 amide bonds. The zero-order valence-electron chi connectivity index (χ0n) is 13.7. The van der Waals surface area contributed by atoms with Crippen molar-refractivity contribution in [3.05, 3.63) is 64.0 Å². The van der Waals surface area contributed by atoms with Gasteiger partial charge in [0.1, 0.15) is 0 Å². The van der Waals surface area contributed by atoms with Crippen molar-refractivity contribution in [2.24, 2.45) is 0 Å². The maximum atomic E-state index is 4.39. The van der Waals surface area contributed by atoms with Crippen molar-refractivity contribution in [1.29, 1.82) is 0 Å². The Morgan fingerprint density at radius 3 is 2.05 bits per heavy atom. The van der Waals surface area contributed by atoms with Gasteiger partial charge in [0, 0.05) is 11.9 Å². The van der Waals surface area contributed by atoms with E-state index in [4.69, 9.17) is 0 Å². The van der Waals surface area contributed by atoms with E-state index in [0.717, 1.165) is 18.5 Å². The second-order valence-electron chi connectivity index (χ2n) is 4.72. The Morgan fingerprint density at radius 2 is 1.35 bits per heavy atom. The van der Waals surface area contributed by atoms with E-state index in [2.05, 4.69) is 43.1 Å². The van der Waals surface area contributed by atoms with Gasteiger partial charge in [-0.2, -0.15) is 0 Å². The van der Waals surface area contributed by atoms with Gasteiger partial charge in [0.15, 0.2) is 0 Å². The van der Waals surface area contributed by atoms with Crippen LogP contribution in [0.1, 0.15) is 61.2 Å². The molecule has 0 spiro atoms. The zero-order chi connectivity index (χ0) is 15.1. The molecule has 0 atom stereocenters. The van der Waals surface area contributed by atoms with Gasteiger partial charge in [0.25, 0.3) is 0 Å². The Hall–Kier alpha value is -1.63. The first-order chi connectivity index (χ1) is 9.72. The van der Waals surface area contributed by atoms with Crippen LogP contribution in [-0.2, 0) is 12.8 Å². The molecule has 1 aromatic carbocycles. The predicted molar refractivity (Wildman–Crippen MR) is 88.5 cm³/mol. The molecule has 1 nitrogen and oxygen atoms in total. The third-order valence-electron chi connectivity index (χ3n) is 3.34. The minimum absolute atomic E-state index is 1.04. The fourth-order valence-electron chi connectivity index (χ4n) is 2.47. The van der Waals surface area contributed by atoms with Crippen LogP contribution in [0.15, 0.2) is 30.5 Å². The fraction of sp³-hybridized carbons (Fsp3) is 0.421. The molecule has 0 bridgehead atoms. The SMILES string of the molecule is CC.CC.Cc1ccc2c(c1)Cc1cnc(C)cc1C2. The van der Waals surface area contributed by atoms with Crippen LogP contribution in [-0.4, -0.2) is 4.98 Å². The van der Waals surface area contributed by atoms with Gasteiger partial charge >= 0.3 is 0 Å². The number of aromatic nitrogens is 1. The summed E-state index contributed by atoms with van der Waals surface area (Å²) in [5.74, 6) is 0. The van der Waals surface area contributed by atoms with Gasteiger partial charge < -0.3 is 0 Å². The number of hydrogen-bond donors (Lipinski definition) is 0. The molecule has 1 aliphatic rings. The molecule has 1 aromatic heterocycles. The van der Waals surface area contributed by atoms with E-state index >= 15 is 0 Å². The summed E-state index contributed by atoms with van der Waals surface area (Å²) in [5, 5.41) is 0. The molecule has 0 N–H and O–H groups in total. The van der Waals surface area contributed by atoms with Crippen molar-refractivity contribution in [3.8, 4) is 0 Å². The lowest BCUT2D eigenvalue weighted by Crippen LogP contribution is -2.08. The highest BCUT2D eigenvalue weighted by Gasteiger charge is 2.15. The third kappa shape index (κ3) is 3.69. The quantitative estimate of drug-likeness (QED) is 0.543. The summed E-state index contributed by atoms with van der Waals surface area (Å²) < 4.78 is 0. The van der Waals surface area contributed by atoms with E-state index in [9.17, 15) is 0 Å². The highest BCUT2D eigenvalue weighted by molar-refractivity contribution is 5.45. The van der Waals surface area contributed by atoms with E-state index < -0.39 is 0 Å². The Labute approximate surface area is 124 Å². The topological polar surface area (TPSA) is 12.9 Å². The first-order valence-corrected chi connectivity index (χ1v) is 7.75. The molecule has 1 heterocycles. The van der Waals surface area contributed by atoms with Crippen molar-refractivity contribution < 1.29 is 0 Å². The van der Waals surface area contributed by atoms with Crippen molar-refractivity contribution in [2.45, 2.75) is 54.4 Å². The van der Waals surface area contributed by atoms with Crippen LogP contribution in [0.25, 0.3) is 0 Å². The van der Waals surface area contributed by atoms with Crippen molar-refractivity contribution in [2.75, 3.05) is 0 Å². The monoisotopic (exact) mass is 269 g/mol. The number of fused-ring (bicyclic) bond motifs is 2. The van der Waals surface area contributed by atoms with Crippen molar-refractivity contribution in [1.82, 2.24) is 4.98 Å². The molecule has 108 valence electrons. The van der Waals surface area contributed by atoms with Crippen LogP contribution in [0.5, 0.6) is 0 Å². The number of pyridine rings is 1. The number of rotatable bonds is 0. The van der Waals surface area contributed by atoms with Crippen LogP contribution < -0.4 is 0 Å². The van der Waals surface area contributed by atoms with Crippen LogP contribution >= 0.6 is 0 Å². The van der Waals surface area contributed by atoms with Crippen LogP contribution in [0, 0.1) is 13.8 Å². The van der Waals surface area contributed by atoms with E-state index in [1.165, 1.54) is 27.8 Å². The van der Waals surface area contributed by atoms with E-state index in [-0.39, 0.29) is 0 Å². The molecule has 20 heavy (non-hydrogen) atoms. The molecule has 0 radical (unpaired) electrons. The van der Waals surface area contributed by atoms with E-state index in [0.29, 0.717) is 0 Å². The molecule has 0 fully saturated rings.